The summed E-state index contributed by atoms with van der Waals surface area (Å²) in [5, 5.41) is 3.66. The van der Waals surface area contributed by atoms with Crippen LogP contribution in [0.2, 0.25) is 5.02 Å². The molecule has 0 saturated carbocycles. The van der Waals surface area contributed by atoms with Crippen LogP contribution in [0.1, 0.15) is 5.56 Å². The molecule has 0 spiro atoms. The zero-order chi connectivity index (χ0) is 14.5. The Morgan fingerprint density at radius 1 is 1.35 bits per heavy atom. The van der Waals surface area contributed by atoms with Crippen LogP contribution in [-0.4, -0.2) is 10.8 Å². The molecule has 0 unspecified atom stereocenters. The number of halogens is 2. The number of hydrogen-bond donors (Lipinski definition) is 3. The van der Waals surface area contributed by atoms with Gasteiger partial charge >= 0.3 is 0 Å². The first-order chi connectivity index (χ1) is 9.63. The number of aromatic nitrogens is 1. The average molecular weight is 296 g/mol. The number of ether oxygens (including phenoxy) is 1. The number of amidine groups is 1. The second kappa shape index (κ2) is 6.18. The maximum absolute atomic E-state index is 13.5. The largest absolute Gasteiger partial charge is 0.436 e. The molecule has 6 nitrogen and oxygen atoms in total. The third-order valence-corrected chi connectivity index (χ3v) is 2.59. The monoisotopic (exact) mass is 295 g/mol. The molecule has 20 heavy (non-hydrogen) atoms. The van der Waals surface area contributed by atoms with Gasteiger partial charge in [-0.3, -0.25) is 0 Å². The highest BCUT2D eigenvalue weighted by Crippen LogP contribution is 2.24. The van der Waals surface area contributed by atoms with Crippen molar-refractivity contribution < 1.29 is 9.13 Å². The summed E-state index contributed by atoms with van der Waals surface area (Å²) in [6.45, 7) is 0. The smallest absolute Gasteiger partial charge is 0.255 e. The van der Waals surface area contributed by atoms with E-state index in [1.54, 1.807) is 24.3 Å². The Morgan fingerprint density at radius 3 is 2.60 bits per heavy atom. The SMILES string of the molecule is N/N=C(\NN)c1ccc(Oc2ncc(Cl)cc2F)cc1. The Kier molecular flexibility index (Phi) is 4.34. The standard InChI is InChI=1S/C12H11ClFN5O/c13-8-5-10(14)12(17-6-8)20-9-3-1-7(2-4-9)11(18-15)19-16/h1-6H,15-16H2,(H,18,19). The third kappa shape index (κ3) is 3.14. The second-order valence-electron chi connectivity index (χ2n) is 3.69. The quantitative estimate of drug-likeness (QED) is 0.347. The fraction of sp³-hybridized carbons (Fsp3) is 0. The topological polar surface area (TPSA) is 98.5 Å². The van der Waals surface area contributed by atoms with Crippen LogP contribution in [0.15, 0.2) is 41.6 Å². The summed E-state index contributed by atoms with van der Waals surface area (Å²) in [5.74, 6) is 10.3. The van der Waals surface area contributed by atoms with Gasteiger partial charge in [0.15, 0.2) is 11.7 Å². The van der Waals surface area contributed by atoms with Crippen LogP contribution < -0.4 is 21.8 Å². The molecule has 8 heteroatoms. The van der Waals surface area contributed by atoms with Crippen LogP contribution in [0.3, 0.4) is 0 Å². The van der Waals surface area contributed by atoms with Crippen molar-refractivity contribution in [1.82, 2.24) is 10.4 Å². The number of rotatable bonds is 3. The number of pyridine rings is 1. The number of hydrazone groups is 1. The normalized spacial score (nSPS) is 11.2. The molecular weight excluding hydrogens is 285 g/mol. The summed E-state index contributed by atoms with van der Waals surface area (Å²) in [7, 11) is 0. The summed E-state index contributed by atoms with van der Waals surface area (Å²) >= 11 is 5.61. The number of benzene rings is 1. The Morgan fingerprint density at radius 2 is 2.05 bits per heavy atom. The minimum absolute atomic E-state index is 0.160. The van der Waals surface area contributed by atoms with Crippen molar-refractivity contribution >= 4 is 17.4 Å². The van der Waals surface area contributed by atoms with Gasteiger partial charge in [-0.05, 0) is 30.3 Å². The molecule has 0 aliphatic rings. The zero-order valence-corrected chi connectivity index (χ0v) is 10.9. The Balaban J connectivity index is 2.19. The molecule has 0 radical (unpaired) electrons. The van der Waals surface area contributed by atoms with Crippen LogP contribution in [0.5, 0.6) is 11.6 Å². The van der Waals surface area contributed by atoms with Gasteiger partial charge in [0.05, 0.1) is 5.02 Å². The maximum atomic E-state index is 13.5. The van der Waals surface area contributed by atoms with Crippen molar-refractivity contribution in [2.75, 3.05) is 0 Å². The predicted octanol–water partition coefficient (Wildman–Crippen LogP) is 1.75. The summed E-state index contributed by atoms with van der Waals surface area (Å²) in [4.78, 5) is 3.76. The molecule has 2 rings (SSSR count). The highest BCUT2D eigenvalue weighted by atomic mass is 35.5. The van der Waals surface area contributed by atoms with Crippen molar-refractivity contribution in [3.05, 3.63) is 52.9 Å². The number of hydrazine groups is 1. The van der Waals surface area contributed by atoms with E-state index < -0.39 is 5.82 Å². The van der Waals surface area contributed by atoms with Gasteiger partial charge in [-0.15, -0.1) is 0 Å². The number of hydrogen-bond acceptors (Lipinski definition) is 5. The fourth-order valence-electron chi connectivity index (χ4n) is 1.46. The van der Waals surface area contributed by atoms with Gasteiger partial charge in [-0.2, -0.15) is 5.10 Å². The lowest BCUT2D eigenvalue weighted by atomic mass is 10.2. The van der Waals surface area contributed by atoms with Crippen molar-refractivity contribution in [3.8, 4) is 11.6 Å². The third-order valence-electron chi connectivity index (χ3n) is 2.38. The maximum Gasteiger partial charge on any atom is 0.255 e. The predicted molar refractivity (Wildman–Crippen MR) is 73.8 cm³/mol. The van der Waals surface area contributed by atoms with Gasteiger partial charge in [-0.25, -0.2) is 15.2 Å². The van der Waals surface area contributed by atoms with E-state index in [-0.39, 0.29) is 10.9 Å². The van der Waals surface area contributed by atoms with Crippen LogP contribution >= 0.6 is 11.6 Å². The highest BCUT2D eigenvalue weighted by Gasteiger charge is 2.08. The van der Waals surface area contributed by atoms with Crippen LogP contribution in [0, 0.1) is 5.82 Å². The van der Waals surface area contributed by atoms with Gasteiger partial charge in [-0.1, -0.05) is 11.6 Å². The molecule has 1 aromatic carbocycles. The van der Waals surface area contributed by atoms with Crippen molar-refractivity contribution in [1.29, 1.82) is 0 Å². The first-order valence-corrected chi connectivity index (χ1v) is 5.85. The minimum atomic E-state index is -0.644. The van der Waals surface area contributed by atoms with E-state index >= 15 is 0 Å². The molecule has 1 aromatic heterocycles. The van der Waals surface area contributed by atoms with Gasteiger partial charge in [0, 0.05) is 11.8 Å². The van der Waals surface area contributed by atoms with Crippen LogP contribution in [-0.2, 0) is 0 Å². The van der Waals surface area contributed by atoms with Crippen molar-refractivity contribution in [2.24, 2.45) is 16.8 Å². The molecule has 0 amide bonds. The molecule has 0 aliphatic heterocycles. The molecule has 104 valence electrons. The van der Waals surface area contributed by atoms with Gasteiger partial charge in [0.1, 0.15) is 5.75 Å². The molecule has 1 heterocycles. The summed E-state index contributed by atoms with van der Waals surface area (Å²) < 4.78 is 18.8. The van der Waals surface area contributed by atoms with E-state index in [4.69, 9.17) is 28.0 Å². The first-order valence-electron chi connectivity index (χ1n) is 5.48. The van der Waals surface area contributed by atoms with E-state index in [1.165, 1.54) is 6.20 Å². The minimum Gasteiger partial charge on any atom is -0.436 e. The van der Waals surface area contributed by atoms with E-state index in [1.807, 2.05) is 0 Å². The molecule has 0 bridgehead atoms. The summed E-state index contributed by atoms with van der Waals surface area (Å²) in [5.41, 5.74) is 3.01. The molecule has 0 atom stereocenters. The Labute approximate surface area is 119 Å². The number of nitrogens with zero attached hydrogens (tertiary/aromatic N) is 2. The number of nitrogens with one attached hydrogen (secondary N) is 1. The summed E-state index contributed by atoms with van der Waals surface area (Å²) in [6.07, 6.45) is 1.30. The lowest BCUT2D eigenvalue weighted by Gasteiger charge is -2.07. The Bertz CT molecular complexity index is 632. The van der Waals surface area contributed by atoms with Gasteiger partial charge < -0.3 is 16.0 Å². The number of nitrogens with two attached hydrogens (primary N) is 2. The fourth-order valence-corrected chi connectivity index (χ4v) is 1.61. The lowest BCUT2D eigenvalue weighted by Crippen LogP contribution is -2.31. The van der Waals surface area contributed by atoms with Gasteiger partial charge in [0.25, 0.3) is 5.88 Å². The average Bonchev–Trinajstić information content (AvgIpc) is 2.45. The van der Waals surface area contributed by atoms with E-state index in [2.05, 4.69) is 15.5 Å². The van der Waals surface area contributed by atoms with E-state index in [0.29, 0.717) is 17.1 Å². The Hall–Kier alpha value is -2.38. The van der Waals surface area contributed by atoms with Gasteiger partial charge in [0.2, 0.25) is 0 Å². The molecule has 5 N–H and O–H groups in total. The molecular formula is C12H11ClFN5O. The summed E-state index contributed by atoms with van der Waals surface area (Å²) in [6, 6.07) is 7.65. The first kappa shape index (κ1) is 14.0. The molecule has 0 saturated heterocycles. The van der Waals surface area contributed by atoms with Crippen molar-refractivity contribution in [3.63, 3.8) is 0 Å². The zero-order valence-electron chi connectivity index (χ0n) is 10.2. The molecule has 0 aliphatic carbocycles. The molecule has 0 fully saturated rings. The van der Waals surface area contributed by atoms with E-state index in [0.717, 1.165) is 6.07 Å². The second-order valence-corrected chi connectivity index (χ2v) is 4.13. The van der Waals surface area contributed by atoms with E-state index in [9.17, 15) is 4.39 Å². The highest BCUT2D eigenvalue weighted by molar-refractivity contribution is 6.30. The van der Waals surface area contributed by atoms with Crippen molar-refractivity contribution in [2.45, 2.75) is 0 Å². The molecule has 2 aromatic rings. The van der Waals surface area contributed by atoms with Crippen LogP contribution in [0.4, 0.5) is 4.39 Å². The van der Waals surface area contributed by atoms with Crippen LogP contribution in [0.25, 0.3) is 0 Å². The lowest BCUT2D eigenvalue weighted by molar-refractivity contribution is 0.423.